The number of anilines is 1. The first-order valence-corrected chi connectivity index (χ1v) is 14.2. The molecule has 0 saturated carbocycles. The topological polar surface area (TPSA) is 92.1 Å². The molecule has 0 unspecified atom stereocenters. The quantitative estimate of drug-likeness (QED) is 0.236. The SMILES string of the molecule is CN(C(=O)CN(CC(=O)Nc1ccc(Oc2ccccc2)cc1)C(=O)c1cc2ccccc2o1)C1Cc2ccccc2C1. The summed E-state index contributed by atoms with van der Waals surface area (Å²) in [5.74, 6) is 0.167. The first-order valence-electron chi connectivity index (χ1n) is 14.2. The number of benzene rings is 4. The van der Waals surface area contributed by atoms with Crippen molar-refractivity contribution in [1.29, 1.82) is 0 Å². The fourth-order valence-corrected chi connectivity index (χ4v) is 5.34. The van der Waals surface area contributed by atoms with E-state index in [1.54, 1.807) is 48.3 Å². The number of amides is 3. The largest absolute Gasteiger partial charge is 0.457 e. The summed E-state index contributed by atoms with van der Waals surface area (Å²) in [7, 11) is 1.75. The number of likely N-dealkylation sites (N-methyl/N-ethyl adjacent to an activating group) is 1. The average Bonchev–Trinajstić information content (AvgIpc) is 3.66. The molecule has 0 saturated heterocycles. The maximum atomic E-state index is 13.6. The highest BCUT2D eigenvalue weighted by molar-refractivity contribution is 6.01. The Morgan fingerprint density at radius 1 is 0.791 bits per heavy atom. The molecule has 0 spiro atoms. The summed E-state index contributed by atoms with van der Waals surface area (Å²) in [5.41, 5.74) is 3.54. The smallest absolute Gasteiger partial charge is 0.290 e. The van der Waals surface area contributed by atoms with E-state index in [1.165, 1.54) is 16.0 Å². The molecular formula is C35H31N3O5. The first-order chi connectivity index (χ1) is 20.9. The van der Waals surface area contributed by atoms with E-state index < -0.39 is 11.8 Å². The van der Waals surface area contributed by atoms with Gasteiger partial charge < -0.3 is 24.3 Å². The summed E-state index contributed by atoms with van der Waals surface area (Å²) in [4.78, 5) is 43.2. The van der Waals surface area contributed by atoms with Crippen LogP contribution < -0.4 is 10.1 Å². The second kappa shape index (κ2) is 12.2. The second-order valence-electron chi connectivity index (χ2n) is 10.6. The van der Waals surface area contributed by atoms with Gasteiger partial charge in [-0.1, -0.05) is 60.7 Å². The third kappa shape index (κ3) is 6.43. The summed E-state index contributed by atoms with van der Waals surface area (Å²) in [6, 6.07) is 33.4. The van der Waals surface area contributed by atoms with Crippen LogP contribution in [-0.4, -0.2) is 53.7 Å². The van der Waals surface area contributed by atoms with E-state index in [0.717, 1.165) is 18.2 Å². The van der Waals surface area contributed by atoms with Crippen molar-refractivity contribution in [2.45, 2.75) is 18.9 Å². The Hall–Kier alpha value is -5.37. The number of hydrogen-bond acceptors (Lipinski definition) is 5. The minimum atomic E-state index is -0.533. The van der Waals surface area contributed by atoms with E-state index in [9.17, 15) is 14.4 Å². The Bertz CT molecular complexity index is 1710. The maximum Gasteiger partial charge on any atom is 0.290 e. The van der Waals surface area contributed by atoms with Crippen molar-refractivity contribution < 1.29 is 23.5 Å². The number of nitrogens with one attached hydrogen (secondary N) is 1. The van der Waals surface area contributed by atoms with Gasteiger partial charge in [0.1, 0.15) is 30.2 Å². The van der Waals surface area contributed by atoms with Crippen LogP contribution in [0.15, 0.2) is 114 Å². The van der Waals surface area contributed by atoms with Crippen molar-refractivity contribution >= 4 is 34.4 Å². The van der Waals surface area contributed by atoms with Gasteiger partial charge in [-0.15, -0.1) is 0 Å². The molecule has 8 heteroatoms. The van der Waals surface area contributed by atoms with Gasteiger partial charge in [-0.25, -0.2) is 0 Å². The predicted molar refractivity (Wildman–Crippen MR) is 164 cm³/mol. The van der Waals surface area contributed by atoms with Crippen molar-refractivity contribution in [3.8, 4) is 11.5 Å². The summed E-state index contributed by atoms with van der Waals surface area (Å²) < 4.78 is 11.6. The normalized spacial score (nSPS) is 12.5. The van der Waals surface area contributed by atoms with Crippen LogP contribution in [0.25, 0.3) is 11.0 Å². The van der Waals surface area contributed by atoms with Crippen LogP contribution in [0.3, 0.4) is 0 Å². The van der Waals surface area contributed by atoms with Crippen LogP contribution in [0.5, 0.6) is 11.5 Å². The monoisotopic (exact) mass is 573 g/mol. The molecule has 216 valence electrons. The number of nitrogens with zero attached hydrogens (tertiary/aromatic N) is 2. The van der Waals surface area contributed by atoms with E-state index in [2.05, 4.69) is 17.4 Å². The molecule has 0 fully saturated rings. The number of para-hydroxylation sites is 2. The van der Waals surface area contributed by atoms with Crippen LogP contribution in [0.2, 0.25) is 0 Å². The highest BCUT2D eigenvalue weighted by atomic mass is 16.5. The molecular weight excluding hydrogens is 542 g/mol. The van der Waals surface area contributed by atoms with Crippen molar-refractivity contribution in [1.82, 2.24) is 9.80 Å². The Labute approximate surface area is 249 Å². The van der Waals surface area contributed by atoms with Crippen LogP contribution in [-0.2, 0) is 22.4 Å². The number of carbonyl (C=O) groups is 3. The first kappa shape index (κ1) is 27.8. The Morgan fingerprint density at radius 3 is 2.12 bits per heavy atom. The predicted octanol–water partition coefficient (Wildman–Crippen LogP) is 5.93. The fourth-order valence-electron chi connectivity index (χ4n) is 5.34. The van der Waals surface area contributed by atoms with Gasteiger partial charge in [0.2, 0.25) is 11.8 Å². The van der Waals surface area contributed by atoms with E-state index in [-0.39, 0.29) is 30.8 Å². The molecule has 0 atom stereocenters. The molecule has 1 N–H and O–H groups in total. The Balaban J connectivity index is 1.15. The summed E-state index contributed by atoms with van der Waals surface area (Å²) in [5, 5.41) is 3.59. The van der Waals surface area contributed by atoms with Gasteiger partial charge in [0.25, 0.3) is 5.91 Å². The van der Waals surface area contributed by atoms with E-state index in [0.29, 0.717) is 22.8 Å². The third-order valence-electron chi connectivity index (χ3n) is 7.67. The van der Waals surface area contributed by atoms with Gasteiger partial charge >= 0.3 is 0 Å². The van der Waals surface area contributed by atoms with Gasteiger partial charge in [0.15, 0.2) is 5.76 Å². The van der Waals surface area contributed by atoms with Gasteiger partial charge in [-0.2, -0.15) is 0 Å². The number of ether oxygens (including phenoxy) is 1. The molecule has 0 bridgehead atoms. The number of furan rings is 1. The lowest BCUT2D eigenvalue weighted by Gasteiger charge is -2.28. The molecule has 8 nitrogen and oxygen atoms in total. The molecule has 1 aliphatic rings. The van der Waals surface area contributed by atoms with Crippen LogP contribution in [0.4, 0.5) is 5.69 Å². The maximum absolute atomic E-state index is 13.6. The number of fused-ring (bicyclic) bond motifs is 2. The van der Waals surface area contributed by atoms with Crippen molar-refractivity contribution in [3.63, 3.8) is 0 Å². The van der Waals surface area contributed by atoms with Gasteiger partial charge in [0.05, 0.1) is 0 Å². The van der Waals surface area contributed by atoms with Gasteiger partial charge in [-0.3, -0.25) is 14.4 Å². The Kier molecular flexibility index (Phi) is 7.91. The summed E-state index contributed by atoms with van der Waals surface area (Å²) in [6.07, 6.45) is 1.50. The van der Waals surface area contributed by atoms with Crippen LogP contribution >= 0.6 is 0 Å². The molecule has 5 aromatic rings. The molecule has 3 amide bonds. The van der Waals surface area contributed by atoms with E-state index in [4.69, 9.17) is 9.15 Å². The number of hydrogen-bond donors (Lipinski definition) is 1. The molecule has 43 heavy (non-hydrogen) atoms. The number of carbonyl (C=O) groups excluding carboxylic acids is 3. The lowest BCUT2D eigenvalue weighted by atomic mass is 10.1. The third-order valence-corrected chi connectivity index (χ3v) is 7.67. The van der Waals surface area contributed by atoms with Crippen molar-refractivity contribution in [2.24, 2.45) is 0 Å². The van der Waals surface area contributed by atoms with E-state index >= 15 is 0 Å². The standard InChI is InChI=1S/C35H31N3O5/c1-37(28-19-24-9-5-6-10-25(24)20-28)34(40)23-38(35(41)32-21-26-11-7-8-14-31(26)43-32)22-33(39)36-27-15-17-30(18-16-27)42-29-12-3-2-4-13-29/h2-18,21,28H,19-20,22-23H2,1H3,(H,36,39). The minimum Gasteiger partial charge on any atom is -0.457 e. The molecule has 1 aromatic heterocycles. The van der Waals surface area contributed by atoms with Crippen molar-refractivity contribution in [3.05, 3.63) is 126 Å². The fraction of sp³-hybridized carbons (Fsp3) is 0.171. The molecule has 0 radical (unpaired) electrons. The van der Waals surface area contributed by atoms with Crippen LogP contribution in [0.1, 0.15) is 21.7 Å². The zero-order valence-electron chi connectivity index (χ0n) is 23.7. The highest BCUT2D eigenvalue weighted by Gasteiger charge is 2.31. The lowest BCUT2D eigenvalue weighted by molar-refractivity contribution is -0.132. The summed E-state index contributed by atoms with van der Waals surface area (Å²) in [6.45, 7) is -0.598. The molecule has 1 heterocycles. The molecule has 1 aliphatic carbocycles. The minimum absolute atomic E-state index is 0.0153. The number of rotatable bonds is 9. The second-order valence-corrected chi connectivity index (χ2v) is 10.6. The van der Waals surface area contributed by atoms with Crippen LogP contribution in [0, 0.1) is 0 Å². The van der Waals surface area contributed by atoms with Gasteiger partial charge in [0, 0.05) is 24.2 Å². The molecule has 4 aromatic carbocycles. The summed E-state index contributed by atoms with van der Waals surface area (Å²) >= 11 is 0. The average molecular weight is 574 g/mol. The molecule has 6 rings (SSSR count). The zero-order valence-corrected chi connectivity index (χ0v) is 23.7. The zero-order chi connectivity index (χ0) is 29.8. The Morgan fingerprint density at radius 2 is 1.42 bits per heavy atom. The van der Waals surface area contributed by atoms with E-state index in [1.807, 2.05) is 60.7 Å². The lowest BCUT2D eigenvalue weighted by Crippen LogP contribution is -2.47. The molecule has 0 aliphatic heterocycles. The van der Waals surface area contributed by atoms with Gasteiger partial charge in [-0.05, 0) is 72.5 Å². The highest BCUT2D eigenvalue weighted by Crippen LogP contribution is 2.26. The van der Waals surface area contributed by atoms with Crippen molar-refractivity contribution in [2.75, 3.05) is 25.5 Å².